The maximum absolute atomic E-state index is 5.39. The maximum Gasteiger partial charge on any atom is 0.172 e. The molecule has 0 aromatic carbocycles. The fraction of sp³-hybridized carbons (Fsp3) is 1.00. The molecule has 1 atom stereocenters. The zero-order chi connectivity index (χ0) is 10.1. The van der Waals surface area contributed by atoms with E-state index in [2.05, 4.69) is 15.9 Å². The smallest absolute Gasteiger partial charge is 0.172 e. The van der Waals surface area contributed by atoms with E-state index >= 15 is 0 Å². The van der Waals surface area contributed by atoms with Gasteiger partial charge in [0.05, 0.1) is 11.4 Å². The van der Waals surface area contributed by atoms with Crippen molar-refractivity contribution in [2.75, 3.05) is 26.4 Å². The van der Waals surface area contributed by atoms with Crippen LogP contribution in [0.1, 0.15) is 20.8 Å². The third-order valence-electron chi connectivity index (χ3n) is 1.44. The Morgan fingerprint density at radius 2 is 1.54 bits per heavy atom. The van der Waals surface area contributed by atoms with Crippen LogP contribution in [0.3, 0.4) is 0 Å². The van der Waals surface area contributed by atoms with Crippen molar-refractivity contribution in [2.45, 2.75) is 31.9 Å². The normalized spacial score (nSPS) is 13.6. The SMILES string of the molecule is CCOC[C@H](Br)C(OCC)OCC. The first-order chi connectivity index (χ1) is 6.26. The molecule has 4 heteroatoms. The van der Waals surface area contributed by atoms with Crippen molar-refractivity contribution < 1.29 is 14.2 Å². The van der Waals surface area contributed by atoms with Crippen LogP contribution in [0, 0.1) is 0 Å². The molecule has 0 aromatic heterocycles. The van der Waals surface area contributed by atoms with Gasteiger partial charge in [0, 0.05) is 19.8 Å². The molecular formula is C9H19BrO3. The van der Waals surface area contributed by atoms with Gasteiger partial charge in [0.15, 0.2) is 6.29 Å². The molecule has 0 fully saturated rings. The number of alkyl halides is 1. The molecule has 80 valence electrons. The van der Waals surface area contributed by atoms with E-state index in [1.807, 2.05) is 20.8 Å². The standard InChI is InChI=1S/C9H19BrO3/c1-4-11-7-8(10)9(12-5-2)13-6-3/h8-9H,4-7H2,1-3H3/t8-/m0/s1. The van der Waals surface area contributed by atoms with Gasteiger partial charge in [-0.1, -0.05) is 15.9 Å². The highest BCUT2D eigenvalue weighted by Gasteiger charge is 2.19. The van der Waals surface area contributed by atoms with Gasteiger partial charge in [-0.3, -0.25) is 0 Å². The number of ether oxygens (including phenoxy) is 3. The second-order valence-electron chi connectivity index (χ2n) is 2.45. The zero-order valence-corrected chi connectivity index (χ0v) is 10.2. The first-order valence-corrected chi connectivity index (χ1v) is 5.62. The van der Waals surface area contributed by atoms with Crippen LogP contribution in [-0.2, 0) is 14.2 Å². The van der Waals surface area contributed by atoms with Crippen LogP contribution < -0.4 is 0 Å². The summed E-state index contributed by atoms with van der Waals surface area (Å²) in [6.45, 7) is 8.50. The fourth-order valence-electron chi connectivity index (χ4n) is 0.894. The topological polar surface area (TPSA) is 27.7 Å². The molecule has 0 radical (unpaired) electrons. The Morgan fingerprint density at radius 1 is 1.00 bits per heavy atom. The van der Waals surface area contributed by atoms with E-state index in [1.165, 1.54) is 0 Å². The molecule has 0 spiro atoms. The van der Waals surface area contributed by atoms with Crippen LogP contribution in [0.25, 0.3) is 0 Å². The van der Waals surface area contributed by atoms with Gasteiger partial charge in [0.1, 0.15) is 0 Å². The monoisotopic (exact) mass is 254 g/mol. The van der Waals surface area contributed by atoms with Gasteiger partial charge in [-0.15, -0.1) is 0 Å². The molecule has 0 unspecified atom stereocenters. The summed E-state index contributed by atoms with van der Waals surface area (Å²) in [6, 6.07) is 0. The van der Waals surface area contributed by atoms with Gasteiger partial charge in [-0.2, -0.15) is 0 Å². The molecule has 0 N–H and O–H groups in total. The summed E-state index contributed by atoms with van der Waals surface area (Å²) in [5.74, 6) is 0. The van der Waals surface area contributed by atoms with Crippen molar-refractivity contribution in [1.29, 1.82) is 0 Å². The van der Waals surface area contributed by atoms with Gasteiger partial charge in [-0.25, -0.2) is 0 Å². The fourth-order valence-corrected chi connectivity index (χ4v) is 1.39. The van der Waals surface area contributed by atoms with Gasteiger partial charge in [0.2, 0.25) is 0 Å². The van der Waals surface area contributed by atoms with Crippen molar-refractivity contribution in [2.24, 2.45) is 0 Å². The lowest BCUT2D eigenvalue weighted by Crippen LogP contribution is -2.31. The van der Waals surface area contributed by atoms with E-state index < -0.39 is 0 Å². The molecule has 0 aromatic rings. The lowest BCUT2D eigenvalue weighted by atomic mass is 10.4. The molecular weight excluding hydrogens is 236 g/mol. The Morgan fingerprint density at radius 3 is 1.92 bits per heavy atom. The van der Waals surface area contributed by atoms with Crippen LogP contribution in [0.5, 0.6) is 0 Å². The van der Waals surface area contributed by atoms with Gasteiger partial charge >= 0.3 is 0 Å². The molecule has 0 bridgehead atoms. The van der Waals surface area contributed by atoms with E-state index in [0.29, 0.717) is 26.4 Å². The highest BCUT2D eigenvalue weighted by molar-refractivity contribution is 9.09. The first kappa shape index (κ1) is 13.4. The van der Waals surface area contributed by atoms with Crippen molar-refractivity contribution in [3.8, 4) is 0 Å². The maximum atomic E-state index is 5.39. The van der Waals surface area contributed by atoms with E-state index in [0.717, 1.165) is 0 Å². The molecule has 0 heterocycles. The van der Waals surface area contributed by atoms with Crippen molar-refractivity contribution in [1.82, 2.24) is 0 Å². The summed E-state index contributed by atoms with van der Waals surface area (Å²) in [6.07, 6.45) is -0.207. The predicted octanol–water partition coefficient (Wildman–Crippen LogP) is 2.19. The Balaban J connectivity index is 3.72. The summed E-state index contributed by atoms with van der Waals surface area (Å²) in [7, 11) is 0. The predicted molar refractivity (Wildman–Crippen MR) is 56.2 cm³/mol. The van der Waals surface area contributed by atoms with Crippen molar-refractivity contribution in [3.05, 3.63) is 0 Å². The molecule has 3 nitrogen and oxygen atoms in total. The molecule has 0 aliphatic carbocycles. The highest BCUT2D eigenvalue weighted by Crippen LogP contribution is 2.11. The van der Waals surface area contributed by atoms with E-state index in [9.17, 15) is 0 Å². The number of hydrogen-bond donors (Lipinski definition) is 0. The Kier molecular flexibility index (Phi) is 9.18. The third-order valence-corrected chi connectivity index (χ3v) is 2.13. The summed E-state index contributed by atoms with van der Waals surface area (Å²) >= 11 is 3.47. The van der Waals surface area contributed by atoms with E-state index in [1.54, 1.807) is 0 Å². The van der Waals surface area contributed by atoms with Crippen LogP contribution in [0.2, 0.25) is 0 Å². The van der Waals surface area contributed by atoms with Crippen molar-refractivity contribution >= 4 is 15.9 Å². The lowest BCUT2D eigenvalue weighted by Gasteiger charge is -2.21. The zero-order valence-electron chi connectivity index (χ0n) is 8.59. The minimum Gasteiger partial charge on any atom is -0.380 e. The van der Waals surface area contributed by atoms with Crippen molar-refractivity contribution in [3.63, 3.8) is 0 Å². The Hall–Kier alpha value is 0.360. The second-order valence-corrected chi connectivity index (χ2v) is 3.63. The summed E-state index contributed by atoms with van der Waals surface area (Å²) in [5, 5.41) is 0. The summed E-state index contributed by atoms with van der Waals surface area (Å²) in [5.41, 5.74) is 0. The van der Waals surface area contributed by atoms with Gasteiger partial charge in [-0.05, 0) is 20.8 Å². The molecule has 0 aliphatic heterocycles. The minimum absolute atomic E-state index is 0.104. The molecule has 0 saturated heterocycles. The summed E-state index contributed by atoms with van der Waals surface area (Å²) in [4.78, 5) is 0.104. The minimum atomic E-state index is -0.207. The third kappa shape index (κ3) is 6.43. The van der Waals surface area contributed by atoms with Crippen LogP contribution in [0.15, 0.2) is 0 Å². The average Bonchev–Trinajstić information content (AvgIpc) is 2.14. The van der Waals surface area contributed by atoms with Crippen LogP contribution >= 0.6 is 15.9 Å². The Labute approximate surface area is 88.9 Å². The highest BCUT2D eigenvalue weighted by atomic mass is 79.9. The quantitative estimate of drug-likeness (QED) is 0.491. The second kappa shape index (κ2) is 8.94. The molecule has 0 aliphatic rings. The molecule has 13 heavy (non-hydrogen) atoms. The van der Waals surface area contributed by atoms with Gasteiger partial charge < -0.3 is 14.2 Å². The number of hydrogen-bond acceptors (Lipinski definition) is 3. The Bertz CT molecular complexity index is 105. The van der Waals surface area contributed by atoms with Gasteiger partial charge in [0.25, 0.3) is 0 Å². The van der Waals surface area contributed by atoms with Crippen LogP contribution in [-0.4, -0.2) is 37.5 Å². The number of rotatable bonds is 8. The molecule has 0 rings (SSSR count). The van der Waals surface area contributed by atoms with E-state index in [-0.39, 0.29) is 11.1 Å². The van der Waals surface area contributed by atoms with Crippen LogP contribution in [0.4, 0.5) is 0 Å². The summed E-state index contributed by atoms with van der Waals surface area (Å²) < 4.78 is 16.0. The first-order valence-electron chi connectivity index (χ1n) is 4.71. The largest absolute Gasteiger partial charge is 0.380 e. The molecule has 0 amide bonds. The average molecular weight is 255 g/mol. The molecule has 0 saturated carbocycles. The van der Waals surface area contributed by atoms with E-state index in [4.69, 9.17) is 14.2 Å². The number of halogens is 1. The lowest BCUT2D eigenvalue weighted by molar-refractivity contribution is -0.140.